The lowest BCUT2D eigenvalue weighted by molar-refractivity contribution is -0.130. The van der Waals surface area contributed by atoms with Gasteiger partial charge in [0.1, 0.15) is 6.23 Å². The van der Waals surface area contributed by atoms with E-state index in [0.29, 0.717) is 17.2 Å². The van der Waals surface area contributed by atoms with E-state index >= 15 is 0 Å². The van der Waals surface area contributed by atoms with Gasteiger partial charge in [0.2, 0.25) is 0 Å². The summed E-state index contributed by atoms with van der Waals surface area (Å²) in [6, 6.07) is 0. The van der Waals surface area contributed by atoms with Gasteiger partial charge in [-0.3, -0.25) is 4.90 Å². The zero-order valence-electron chi connectivity index (χ0n) is 17.8. The van der Waals surface area contributed by atoms with Gasteiger partial charge in [0.05, 0.1) is 6.10 Å². The van der Waals surface area contributed by atoms with Crippen LogP contribution in [-0.2, 0) is 23.7 Å². The molecule has 0 saturated heterocycles. The summed E-state index contributed by atoms with van der Waals surface area (Å²) < 4.78 is 28.4. The Labute approximate surface area is 158 Å². The minimum absolute atomic E-state index is 0.0408. The highest BCUT2D eigenvalue weighted by molar-refractivity contribution is 7.41. The molecular formula is C17H39NO5P2. The summed E-state index contributed by atoms with van der Waals surface area (Å²) in [7, 11) is 7.57. The molecule has 8 heteroatoms. The van der Waals surface area contributed by atoms with Crippen molar-refractivity contribution in [2.45, 2.75) is 83.4 Å². The topological polar surface area (TPSA) is 49.4 Å². The Bertz CT molecular complexity index is 339. The van der Waals surface area contributed by atoms with E-state index in [2.05, 4.69) is 39.5 Å². The molecular weight excluding hydrogens is 360 g/mol. The highest BCUT2D eigenvalue weighted by Gasteiger charge is 2.36. The second kappa shape index (κ2) is 11.5. The Morgan fingerprint density at radius 3 is 1.24 bits per heavy atom. The van der Waals surface area contributed by atoms with Crippen molar-refractivity contribution in [3.63, 3.8) is 0 Å². The molecule has 25 heavy (non-hydrogen) atoms. The Hall–Kier alpha value is 0.620. The van der Waals surface area contributed by atoms with Gasteiger partial charge >= 0.3 is 0 Å². The van der Waals surface area contributed by atoms with Crippen molar-refractivity contribution in [3.8, 4) is 0 Å². The molecule has 0 aromatic rings. The Morgan fingerprint density at radius 1 is 0.680 bits per heavy atom. The van der Waals surface area contributed by atoms with Gasteiger partial charge in [0.15, 0.2) is 11.1 Å². The molecule has 0 radical (unpaired) electrons. The molecule has 0 amide bonds. The van der Waals surface area contributed by atoms with E-state index in [1.807, 2.05) is 13.8 Å². The van der Waals surface area contributed by atoms with Gasteiger partial charge in [0.25, 0.3) is 0 Å². The summed E-state index contributed by atoms with van der Waals surface area (Å²) in [4.78, 5) is 2.36. The van der Waals surface area contributed by atoms with E-state index in [-0.39, 0.29) is 23.9 Å². The molecule has 0 saturated carbocycles. The van der Waals surface area contributed by atoms with E-state index in [9.17, 15) is 0 Å². The third kappa shape index (κ3) is 8.45. The van der Waals surface area contributed by atoms with Crippen molar-refractivity contribution in [2.75, 3.05) is 28.4 Å². The minimum atomic E-state index is -0.607. The normalized spacial score (nSPS) is 18.1. The summed E-state index contributed by atoms with van der Waals surface area (Å²) in [6.07, 6.45) is 0.108. The maximum Gasteiger partial charge on any atom is 0.181 e. The maximum atomic E-state index is 6.09. The highest BCUT2D eigenvalue weighted by Crippen LogP contribution is 2.45. The minimum Gasteiger partial charge on any atom is -0.361 e. The van der Waals surface area contributed by atoms with Crippen LogP contribution in [0.15, 0.2) is 0 Å². The van der Waals surface area contributed by atoms with Gasteiger partial charge in [0, 0.05) is 40.0 Å². The molecule has 0 spiro atoms. The van der Waals surface area contributed by atoms with Crippen molar-refractivity contribution in [1.29, 1.82) is 0 Å². The van der Waals surface area contributed by atoms with E-state index in [0.717, 1.165) is 0 Å². The summed E-state index contributed by atoms with van der Waals surface area (Å²) in [5, 5.41) is 0. The summed E-state index contributed by atoms with van der Waals surface area (Å²) >= 11 is 0. The average Bonchev–Trinajstić information content (AvgIpc) is 2.53. The first-order chi connectivity index (χ1) is 11.5. The molecule has 6 nitrogen and oxygen atoms in total. The van der Waals surface area contributed by atoms with Crippen molar-refractivity contribution < 1.29 is 23.7 Å². The summed E-state index contributed by atoms with van der Waals surface area (Å²) in [6.45, 7) is 14.5. The highest BCUT2D eigenvalue weighted by atomic mass is 31.1. The van der Waals surface area contributed by atoms with Crippen LogP contribution in [0.2, 0.25) is 0 Å². The molecule has 5 unspecified atom stereocenters. The number of ether oxygens (including phenoxy) is 5. The molecule has 152 valence electrons. The van der Waals surface area contributed by atoms with Gasteiger partial charge in [-0.2, -0.15) is 0 Å². The van der Waals surface area contributed by atoms with E-state index in [1.54, 1.807) is 28.4 Å². The third-order valence-electron chi connectivity index (χ3n) is 4.28. The zero-order valence-corrected chi connectivity index (χ0v) is 19.8. The third-order valence-corrected chi connectivity index (χ3v) is 7.58. The van der Waals surface area contributed by atoms with Crippen LogP contribution in [0, 0.1) is 0 Å². The van der Waals surface area contributed by atoms with Crippen LogP contribution in [0.1, 0.15) is 48.5 Å². The molecule has 0 aromatic carbocycles. The van der Waals surface area contributed by atoms with Crippen molar-refractivity contribution in [2.24, 2.45) is 0 Å². The lowest BCUT2D eigenvalue weighted by Crippen LogP contribution is -2.47. The zero-order chi connectivity index (χ0) is 19.8. The van der Waals surface area contributed by atoms with Crippen molar-refractivity contribution >= 4 is 17.2 Å². The lowest BCUT2D eigenvalue weighted by atomic mass is 10.4. The first-order valence-electron chi connectivity index (χ1n) is 8.66. The number of methoxy groups -OCH3 is 4. The van der Waals surface area contributed by atoms with Crippen LogP contribution in [-0.4, -0.2) is 68.3 Å². The van der Waals surface area contributed by atoms with Crippen LogP contribution in [0.3, 0.4) is 0 Å². The predicted octanol–water partition coefficient (Wildman–Crippen LogP) is 4.04. The molecule has 0 aliphatic heterocycles. The van der Waals surface area contributed by atoms with Crippen LogP contribution in [0.5, 0.6) is 0 Å². The second-order valence-electron chi connectivity index (χ2n) is 6.58. The van der Waals surface area contributed by atoms with Gasteiger partial charge in [-0.1, -0.05) is 0 Å². The number of hydrogen-bond donors (Lipinski definition) is 0. The lowest BCUT2D eigenvalue weighted by Gasteiger charge is -2.44. The Balaban J connectivity index is 5.40. The predicted molar refractivity (Wildman–Crippen MR) is 108 cm³/mol. The van der Waals surface area contributed by atoms with Gasteiger partial charge in [-0.05, 0) is 65.6 Å². The molecule has 0 bridgehead atoms. The summed E-state index contributed by atoms with van der Waals surface area (Å²) in [5.41, 5.74) is -1.21. The van der Waals surface area contributed by atoms with E-state index in [1.165, 1.54) is 0 Å². The molecule has 5 atom stereocenters. The van der Waals surface area contributed by atoms with Crippen molar-refractivity contribution in [1.82, 2.24) is 4.90 Å². The van der Waals surface area contributed by atoms with Gasteiger partial charge in [-0.25, -0.2) is 0 Å². The Morgan fingerprint density at radius 2 is 1.00 bits per heavy atom. The van der Waals surface area contributed by atoms with E-state index < -0.39 is 11.1 Å². The molecule has 0 N–H and O–H groups in total. The fourth-order valence-corrected chi connectivity index (χ4v) is 6.04. The molecule has 0 rings (SSSR count). The maximum absolute atomic E-state index is 6.09. The Kier molecular flexibility index (Phi) is 11.7. The number of nitrogens with zero attached hydrogens (tertiary/aromatic N) is 1. The number of rotatable bonds is 13. The SMILES string of the molecule is COC(C)(OC)PC(C)N(C(C)OC(C)C)C(C)PC(C)(OC)OC. The largest absolute Gasteiger partial charge is 0.361 e. The quantitative estimate of drug-likeness (QED) is 0.344. The van der Waals surface area contributed by atoms with E-state index in [4.69, 9.17) is 23.7 Å². The molecule has 0 aliphatic carbocycles. The van der Waals surface area contributed by atoms with Crippen LogP contribution in [0.4, 0.5) is 0 Å². The second-order valence-corrected chi connectivity index (χ2v) is 10.6. The fraction of sp³-hybridized carbons (Fsp3) is 1.00. The number of hydrogen-bond acceptors (Lipinski definition) is 6. The first-order valence-corrected chi connectivity index (χ1v) is 10.8. The summed E-state index contributed by atoms with van der Waals surface area (Å²) in [5.74, 6) is 0.415. The van der Waals surface area contributed by atoms with Crippen LogP contribution >= 0.6 is 17.2 Å². The van der Waals surface area contributed by atoms with Crippen LogP contribution < -0.4 is 0 Å². The molecule has 0 heterocycles. The smallest absolute Gasteiger partial charge is 0.181 e. The fourth-order valence-electron chi connectivity index (χ4n) is 2.74. The standard InChI is InChI=1S/C17H39NO5P2/c1-12(2)23-13(3)18(14(4)24-16(6,19-8)20-9)15(5)25-17(7,21-10)22-11/h12-15,24-25H,1-11H3. The molecule has 0 aliphatic rings. The van der Waals surface area contributed by atoms with Crippen molar-refractivity contribution in [3.05, 3.63) is 0 Å². The molecule has 0 fully saturated rings. The average molecular weight is 399 g/mol. The van der Waals surface area contributed by atoms with Gasteiger partial charge < -0.3 is 23.7 Å². The van der Waals surface area contributed by atoms with Crippen LogP contribution in [0.25, 0.3) is 0 Å². The first kappa shape index (κ1) is 25.6. The van der Waals surface area contributed by atoms with Gasteiger partial charge in [-0.15, -0.1) is 0 Å². The monoisotopic (exact) mass is 399 g/mol. The molecule has 0 aromatic heterocycles.